The second kappa shape index (κ2) is 6.60. The van der Waals surface area contributed by atoms with Crippen molar-refractivity contribution in [1.29, 1.82) is 0 Å². The number of carbonyl (C=O) groups excluding carboxylic acids is 1. The molecule has 7 heteroatoms. The van der Waals surface area contributed by atoms with Crippen LogP contribution in [0.2, 0.25) is 10.0 Å². The van der Waals surface area contributed by atoms with Gasteiger partial charge in [-0.05, 0) is 30.3 Å². The molecule has 0 aliphatic rings. The minimum Gasteiger partial charge on any atom is -0.333 e. The minimum atomic E-state index is -0.149. The molecule has 1 aromatic heterocycles. The van der Waals surface area contributed by atoms with Crippen molar-refractivity contribution in [3.05, 3.63) is 52.5 Å². The van der Waals surface area contributed by atoms with E-state index in [1.165, 1.54) is 11.8 Å². The van der Waals surface area contributed by atoms with Gasteiger partial charge in [0.25, 0.3) is 0 Å². The largest absolute Gasteiger partial charge is 0.333 e. The molecule has 2 N–H and O–H groups in total. The summed E-state index contributed by atoms with van der Waals surface area (Å²) in [5, 5.41) is 4.42. The predicted octanol–water partition coefficient (Wildman–Crippen LogP) is 4.60. The molecule has 0 fully saturated rings. The Bertz CT molecular complexity index is 781. The van der Waals surface area contributed by atoms with Crippen molar-refractivity contribution in [3.63, 3.8) is 0 Å². The summed E-state index contributed by atoms with van der Waals surface area (Å²) in [5.41, 5.74) is 2.41. The van der Waals surface area contributed by atoms with Crippen LogP contribution in [0, 0.1) is 0 Å². The maximum atomic E-state index is 12.0. The average Bonchev–Trinajstić information content (AvgIpc) is 2.87. The number of H-pyrrole nitrogens is 1. The highest BCUT2D eigenvalue weighted by atomic mass is 35.5. The molecule has 0 aliphatic carbocycles. The maximum absolute atomic E-state index is 12.0. The monoisotopic (exact) mass is 351 g/mol. The van der Waals surface area contributed by atoms with Crippen LogP contribution < -0.4 is 5.32 Å². The number of thioether (sulfide) groups is 1. The quantitative estimate of drug-likeness (QED) is 0.675. The molecular weight excluding hydrogens is 341 g/mol. The third-order valence-corrected chi connectivity index (χ3v) is 4.16. The summed E-state index contributed by atoms with van der Waals surface area (Å²) in [6, 6.07) is 12.6. The van der Waals surface area contributed by atoms with E-state index < -0.39 is 0 Å². The van der Waals surface area contributed by atoms with Gasteiger partial charge in [-0.25, -0.2) is 4.98 Å². The van der Waals surface area contributed by atoms with E-state index >= 15 is 0 Å². The van der Waals surface area contributed by atoms with Gasteiger partial charge in [-0.1, -0.05) is 47.1 Å². The minimum absolute atomic E-state index is 0.149. The van der Waals surface area contributed by atoms with E-state index in [-0.39, 0.29) is 11.7 Å². The molecule has 22 heavy (non-hydrogen) atoms. The molecule has 112 valence electrons. The molecule has 0 radical (unpaired) electrons. The highest BCUT2D eigenvalue weighted by Gasteiger charge is 2.08. The van der Waals surface area contributed by atoms with Crippen molar-refractivity contribution in [2.24, 2.45) is 0 Å². The number of halogens is 2. The molecule has 0 unspecified atom stereocenters. The summed E-state index contributed by atoms with van der Waals surface area (Å²) < 4.78 is 0. The van der Waals surface area contributed by atoms with E-state index in [9.17, 15) is 4.79 Å². The highest BCUT2D eigenvalue weighted by Crippen LogP contribution is 2.23. The molecule has 3 rings (SSSR count). The van der Waals surface area contributed by atoms with E-state index in [2.05, 4.69) is 15.3 Å². The first-order valence-electron chi connectivity index (χ1n) is 6.44. The van der Waals surface area contributed by atoms with Crippen LogP contribution in [-0.2, 0) is 4.79 Å². The van der Waals surface area contributed by atoms with Gasteiger partial charge in [0, 0.05) is 15.7 Å². The third kappa shape index (κ3) is 3.74. The molecular formula is C15H11Cl2N3OS. The number of aromatic nitrogens is 2. The van der Waals surface area contributed by atoms with Crippen molar-refractivity contribution < 1.29 is 4.79 Å². The SMILES string of the molecule is O=C(CSc1nc2ccccc2[nH]1)Nc1cc(Cl)cc(Cl)c1. The number of fused-ring (bicyclic) bond motifs is 1. The second-order valence-corrected chi connectivity index (χ2v) is 6.39. The van der Waals surface area contributed by atoms with Crippen LogP contribution in [0.1, 0.15) is 0 Å². The molecule has 0 bridgehead atoms. The zero-order valence-corrected chi connectivity index (χ0v) is 13.6. The number of aromatic amines is 1. The van der Waals surface area contributed by atoms with Crippen molar-refractivity contribution >= 4 is 57.6 Å². The van der Waals surface area contributed by atoms with E-state index in [4.69, 9.17) is 23.2 Å². The standard InChI is InChI=1S/C15H11Cl2N3OS/c16-9-5-10(17)7-11(6-9)18-14(21)8-22-15-19-12-3-1-2-4-13(12)20-15/h1-7H,8H2,(H,18,21)(H,19,20). The van der Waals surface area contributed by atoms with Gasteiger partial charge in [0.2, 0.25) is 5.91 Å². The first-order chi connectivity index (χ1) is 10.6. The fourth-order valence-electron chi connectivity index (χ4n) is 1.95. The van der Waals surface area contributed by atoms with Gasteiger partial charge in [0.1, 0.15) is 0 Å². The van der Waals surface area contributed by atoms with Gasteiger partial charge >= 0.3 is 0 Å². The van der Waals surface area contributed by atoms with Crippen LogP contribution in [0.4, 0.5) is 5.69 Å². The predicted molar refractivity (Wildman–Crippen MR) is 91.9 cm³/mol. The van der Waals surface area contributed by atoms with Crippen LogP contribution >= 0.6 is 35.0 Å². The number of hydrogen-bond acceptors (Lipinski definition) is 3. The average molecular weight is 352 g/mol. The number of anilines is 1. The number of imidazole rings is 1. The third-order valence-electron chi connectivity index (χ3n) is 2.85. The second-order valence-electron chi connectivity index (χ2n) is 4.55. The number of nitrogens with zero attached hydrogens (tertiary/aromatic N) is 1. The van der Waals surface area contributed by atoms with Crippen molar-refractivity contribution in [2.75, 3.05) is 11.1 Å². The highest BCUT2D eigenvalue weighted by molar-refractivity contribution is 7.99. The molecule has 0 aliphatic heterocycles. The van der Waals surface area contributed by atoms with Gasteiger partial charge in [-0.3, -0.25) is 4.79 Å². The Hall–Kier alpha value is -1.69. The Balaban J connectivity index is 1.62. The van der Waals surface area contributed by atoms with E-state index in [0.29, 0.717) is 20.9 Å². The fourth-order valence-corrected chi connectivity index (χ4v) is 3.17. The fraction of sp³-hybridized carbons (Fsp3) is 0.0667. The normalized spacial score (nSPS) is 10.8. The van der Waals surface area contributed by atoms with Crippen LogP contribution in [0.25, 0.3) is 11.0 Å². The summed E-state index contributed by atoms with van der Waals surface area (Å²) in [6.07, 6.45) is 0. The van der Waals surface area contributed by atoms with E-state index in [1.807, 2.05) is 24.3 Å². The van der Waals surface area contributed by atoms with E-state index in [1.54, 1.807) is 18.2 Å². The first-order valence-corrected chi connectivity index (χ1v) is 8.18. The molecule has 0 spiro atoms. The number of para-hydroxylation sites is 2. The van der Waals surface area contributed by atoms with Gasteiger partial charge < -0.3 is 10.3 Å². The number of hydrogen-bond donors (Lipinski definition) is 2. The molecule has 3 aromatic rings. The number of nitrogens with one attached hydrogen (secondary N) is 2. The Labute approximate surface area is 141 Å². The Kier molecular flexibility index (Phi) is 4.57. The van der Waals surface area contributed by atoms with Gasteiger partial charge in [0.05, 0.1) is 16.8 Å². The van der Waals surface area contributed by atoms with E-state index in [0.717, 1.165) is 11.0 Å². The Morgan fingerprint density at radius 3 is 2.64 bits per heavy atom. The molecule has 1 amide bonds. The summed E-state index contributed by atoms with van der Waals surface area (Å²) >= 11 is 13.1. The lowest BCUT2D eigenvalue weighted by atomic mass is 10.3. The molecule has 1 heterocycles. The van der Waals surface area contributed by atoms with Crippen LogP contribution in [0.3, 0.4) is 0 Å². The summed E-state index contributed by atoms with van der Waals surface area (Å²) in [4.78, 5) is 19.5. The first kappa shape index (κ1) is 15.2. The zero-order valence-electron chi connectivity index (χ0n) is 11.3. The lowest BCUT2D eigenvalue weighted by Gasteiger charge is -2.05. The molecule has 0 saturated heterocycles. The molecule has 0 saturated carbocycles. The summed E-state index contributed by atoms with van der Waals surface area (Å²) in [5.74, 6) is 0.0908. The lowest BCUT2D eigenvalue weighted by molar-refractivity contribution is -0.113. The lowest BCUT2D eigenvalue weighted by Crippen LogP contribution is -2.14. The maximum Gasteiger partial charge on any atom is 0.234 e. The topological polar surface area (TPSA) is 57.8 Å². The number of carbonyl (C=O) groups is 1. The number of benzene rings is 2. The van der Waals surface area contributed by atoms with Crippen LogP contribution in [-0.4, -0.2) is 21.6 Å². The van der Waals surface area contributed by atoms with Gasteiger partial charge in [-0.2, -0.15) is 0 Å². The molecule has 0 atom stereocenters. The van der Waals surface area contributed by atoms with Crippen molar-refractivity contribution in [2.45, 2.75) is 5.16 Å². The van der Waals surface area contributed by atoms with Crippen molar-refractivity contribution in [1.82, 2.24) is 9.97 Å². The van der Waals surface area contributed by atoms with Crippen LogP contribution in [0.5, 0.6) is 0 Å². The summed E-state index contributed by atoms with van der Waals surface area (Å²) in [6.45, 7) is 0. The molecule has 4 nitrogen and oxygen atoms in total. The smallest absolute Gasteiger partial charge is 0.234 e. The van der Waals surface area contributed by atoms with Gasteiger partial charge in [0.15, 0.2) is 5.16 Å². The Morgan fingerprint density at radius 2 is 1.91 bits per heavy atom. The molecule has 2 aromatic carbocycles. The summed E-state index contributed by atoms with van der Waals surface area (Å²) in [7, 11) is 0. The van der Waals surface area contributed by atoms with Crippen LogP contribution in [0.15, 0.2) is 47.6 Å². The zero-order chi connectivity index (χ0) is 15.5. The van der Waals surface area contributed by atoms with Crippen molar-refractivity contribution in [3.8, 4) is 0 Å². The Morgan fingerprint density at radius 1 is 1.18 bits per heavy atom. The van der Waals surface area contributed by atoms with Gasteiger partial charge in [-0.15, -0.1) is 0 Å². The number of rotatable bonds is 4. The number of amides is 1.